The zero-order valence-electron chi connectivity index (χ0n) is 17.7. The molecule has 5 heteroatoms. The summed E-state index contributed by atoms with van der Waals surface area (Å²) in [5.74, 6) is 0.189. The van der Waals surface area contributed by atoms with Gasteiger partial charge in [0.1, 0.15) is 0 Å². The van der Waals surface area contributed by atoms with Crippen LogP contribution in [0.25, 0.3) is 0 Å². The van der Waals surface area contributed by atoms with E-state index in [1.807, 2.05) is 55.5 Å². The molecule has 0 radical (unpaired) electrons. The maximum Gasteiger partial charge on any atom is 0.251 e. The highest BCUT2D eigenvalue weighted by atomic mass is 16.2. The van der Waals surface area contributed by atoms with Crippen LogP contribution >= 0.6 is 0 Å². The number of carbonyl (C=O) groups excluding carboxylic acids is 2. The molecule has 3 rings (SSSR count). The van der Waals surface area contributed by atoms with E-state index in [1.54, 1.807) is 0 Å². The molecule has 0 aliphatic heterocycles. The van der Waals surface area contributed by atoms with Crippen molar-refractivity contribution < 1.29 is 9.59 Å². The van der Waals surface area contributed by atoms with E-state index < -0.39 is 0 Å². The third-order valence-electron chi connectivity index (χ3n) is 5.40. The Labute approximate surface area is 173 Å². The number of benzene rings is 2. The summed E-state index contributed by atoms with van der Waals surface area (Å²) in [4.78, 5) is 26.8. The standard InChI is InChI=1S/C24H31N3O2/c1-5-27(16(2)3)22-14-10-20(11-15-22)23(28)25-17(4)18-8-12-21(13-9-18)26-24(29)19-6-7-19/h8-17,19H,5-7H2,1-4H3,(H,25,28)(H,26,29)/t17-/m1/s1. The summed E-state index contributed by atoms with van der Waals surface area (Å²) in [6.45, 7) is 9.34. The lowest BCUT2D eigenvalue weighted by Gasteiger charge is -2.27. The van der Waals surface area contributed by atoms with Crippen molar-refractivity contribution in [3.8, 4) is 0 Å². The molecule has 1 aliphatic carbocycles. The second kappa shape index (κ2) is 9.12. The average molecular weight is 394 g/mol. The molecule has 1 aliphatic rings. The zero-order chi connectivity index (χ0) is 21.0. The molecule has 1 fully saturated rings. The summed E-state index contributed by atoms with van der Waals surface area (Å²) in [6, 6.07) is 15.7. The van der Waals surface area contributed by atoms with Crippen molar-refractivity contribution in [3.63, 3.8) is 0 Å². The number of rotatable bonds is 8. The fraction of sp³-hybridized carbons (Fsp3) is 0.417. The van der Waals surface area contributed by atoms with Gasteiger partial charge in [-0.1, -0.05) is 12.1 Å². The van der Waals surface area contributed by atoms with Crippen LogP contribution in [0, 0.1) is 5.92 Å². The number of anilines is 2. The normalized spacial score (nSPS) is 14.4. The van der Waals surface area contributed by atoms with Gasteiger partial charge in [-0.3, -0.25) is 9.59 Å². The van der Waals surface area contributed by atoms with Crippen LogP contribution in [0.5, 0.6) is 0 Å². The number of amides is 2. The zero-order valence-corrected chi connectivity index (χ0v) is 17.7. The van der Waals surface area contributed by atoms with Gasteiger partial charge in [0.05, 0.1) is 6.04 Å². The van der Waals surface area contributed by atoms with E-state index in [1.165, 1.54) is 0 Å². The van der Waals surface area contributed by atoms with Crippen LogP contribution in [0.2, 0.25) is 0 Å². The predicted molar refractivity (Wildman–Crippen MR) is 118 cm³/mol. The molecule has 2 amide bonds. The summed E-state index contributed by atoms with van der Waals surface area (Å²) in [5.41, 5.74) is 3.56. The molecule has 29 heavy (non-hydrogen) atoms. The third-order valence-corrected chi connectivity index (χ3v) is 5.40. The van der Waals surface area contributed by atoms with Crippen LogP contribution < -0.4 is 15.5 Å². The molecule has 0 saturated heterocycles. The molecular formula is C24H31N3O2. The lowest BCUT2D eigenvalue weighted by Crippen LogP contribution is -2.30. The Hall–Kier alpha value is -2.82. The fourth-order valence-electron chi connectivity index (χ4n) is 3.46. The summed E-state index contributed by atoms with van der Waals surface area (Å²) in [6.07, 6.45) is 1.98. The maximum atomic E-state index is 12.6. The highest BCUT2D eigenvalue weighted by Gasteiger charge is 2.29. The van der Waals surface area contributed by atoms with E-state index in [0.717, 1.165) is 36.3 Å². The maximum absolute atomic E-state index is 12.6. The van der Waals surface area contributed by atoms with E-state index >= 15 is 0 Å². The molecule has 0 unspecified atom stereocenters. The molecule has 154 valence electrons. The molecule has 5 nitrogen and oxygen atoms in total. The second-order valence-electron chi connectivity index (χ2n) is 8.01. The van der Waals surface area contributed by atoms with Crippen molar-refractivity contribution in [2.24, 2.45) is 5.92 Å². The van der Waals surface area contributed by atoms with Crippen LogP contribution in [0.1, 0.15) is 62.5 Å². The van der Waals surface area contributed by atoms with Crippen molar-refractivity contribution in [2.45, 2.75) is 52.6 Å². The smallest absolute Gasteiger partial charge is 0.251 e. The van der Waals surface area contributed by atoms with Crippen molar-refractivity contribution in [2.75, 3.05) is 16.8 Å². The number of hydrogen-bond donors (Lipinski definition) is 2. The summed E-state index contributed by atoms with van der Waals surface area (Å²) in [7, 11) is 0. The summed E-state index contributed by atoms with van der Waals surface area (Å²) in [5, 5.41) is 5.98. The third kappa shape index (κ3) is 5.37. The monoisotopic (exact) mass is 393 g/mol. The Bertz CT molecular complexity index is 839. The van der Waals surface area contributed by atoms with Gasteiger partial charge in [0, 0.05) is 35.4 Å². The van der Waals surface area contributed by atoms with Crippen LogP contribution in [0.15, 0.2) is 48.5 Å². The molecular weight excluding hydrogens is 362 g/mol. The van der Waals surface area contributed by atoms with E-state index in [2.05, 4.69) is 36.3 Å². The van der Waals surface area contributed by atoms with Crippen molar-refractivity contribution in [1.29, 1.82) is 0 Å². The van der Waals surface area contributed by atoms with Gasteiger partial charge >= 0.3 is 0 Å². The first-order chi connectivity index (χ1) is 13.9. The van der Waals surface area contributed by atoms with Gasteiger partial charge in [0.15, 0.2) is 0 Å². The predicted octanol–water partition coefficient (Wildman–Crippen LogP) is 4.76. The number of carbonyl (C=O) groups is 2. The number of nitrogens with zero attached hydrogens (tertiary/aromatic N) is 1. The first kappa shape index (κ1) is 20.9. The van der Waals surface area contributed by atoms with E-state index in [4.69, 9.17) is 0 Å². The molecule has 2 N–H and O–H groups in total. The van der Waals surface area contributed by atoms with Crippen LogP contribution in [0.3, 0.4) is 0 Å². The van der Waals surface area contributed by atoms with Crippen LogP contribution in [0.4, 0.5) is 11.4 Å². The van der Waals surface area contributed by atoms with Crippen LogP contribution in [-0.4, -0.2) is 24.4 Å². The Morgan fingerprint density at radius 3 is 2.14 bits per heavy atom. The first-order valence-corrected chi connectivity index (χ1v) is 10.5. The Balaban J connectivity index is 1.58. The SMILES string of the molecule is CCN(c1ccc(C(=O)N[C@H](C)c2ccc(NC(=O)C3CC3)cc2)cc1)C(C)C. The average Bonchev–Trinajstić information content (AvgIpc) is 3.54. The summed E-state index contributed by atoms with van der Waals surface area (Å²) >= 11 is 0. The first-order valence-electron chi connectivity index (χ1n) is 10.5. The minimum atomic E-state index is -0.127. The van der Waals surface area contributed by atoms with Crippen molar-refractivity contribution in [1.82, 2.24) is 5.32 Å². The second-order valence-corrected chi connectivity index (χ2v) is 8.01. The topological polar surface area (TPSA) is 61.4 Å². The van der Waals surface area contributed by atoms with Gasteiger partial charge < -0.3 is 15.5 Å². The minimum absolute atomic E-state index is 0.0947. The van der Waals surface area contributed by atoms with Crippen LogP contribution in [-0.2, 0) is 4.79 Å². The molecule has 0 spiro atoms. The number of nitrogens with one attached hydrogen (secondary N) is 2. The van der Waals surface area contributed by atoms with Gasteiger partial charge in [-0.2, -0.15) is 0 Å². The molecule has 2 aromatic rings. The van der Waals surface area contributed by atoms with E-state index in [-0.39, 0.29) is 23.8 Å². The van der Waals surface area contributed by atoms with Gasteiger partial charge in [0.2, 0.25) is 5.91 Å². The lowest BCUT2D eigenvalue weighted by molar-refractivity contribution is -0.117. The highest BCUT2D eigenvalue weighted by molar-refractivity contribution is 5.95. The fourth-order valence-corrected chi connectivity index (χ4v) is 3.46. The largest absolute Gasteiger partial charge is 0.369 e. The van der Waals surface area contributed by atoms with Crippen molar-refractivity contribution >= 4 is 23.2 Å². The Morgan fingerprint density at radius 1 is 1.00 bits per heavy atom. The Kier molecular flexibility index (Phi) is 6.57. The quantitative estimate of drug-likeness (QED) is 0.680. The van der Waals surface area contributed by atoms with Gasteiger partial charge in [-0.25, -0.2) is 0 Å². The molecule has 0 heterocycles. The Morgan fingerprint density at radius 2 is 1.62 bits per heavy atom. The molecule has 1 atom stereocenters. The molecule has 0 aromatic heterocycles. The van der Waals surface area contributed by atoms with Gasteiger partial charge in [-0.05, 0) is 82.5 Å². The van der Waals surface area contributed by atoms with Gasteiger partial charge in [-0.15, -0.1) is 0 Å². The molecule has 2 aromatic carbocycles. The molecule has 0 bridgehead atoms. The molecule has 1 saturated carbocycles. The highest BCUT2D eigenvalue weighted by Crippen LogP contribution is 2.30. The summed E-state index contributed by atoms with van der Waals surface area (Å²) < 4.78 is 0. The van der Waals surface area contributed by atoms with E-state index in [0.29, 0.717) is 11.6 Å². The van der Waals surface area contributed by atoms with Gasteiger partial charge in [0.25, 0.3) is 5.91 Å². The van der Waals surface area contributed by atoms with E-state index in [9.17, 15) is 9.59 Å². The lowest BCUT2D eigenvalue weighted by atomic mass is 10.1. The van der Waals surface area contributed by atoms with Crippen molar-refractivity contribution in [3.05, 3.63) is 59.7 Å². The number of hydrogen-bond acceptors (Lipinski definition) is 3. The minimum Gasteiger partial charge on any atom is -0.369 e.